The molecule has 8 heteroatoms. The highest BCUT2D eigenvalue weighted by Gasteiger charge is 2.08. The van der Waals surface area contributed by atoms with E-state index in [4.69, 9.17) is 23.2 Å². The largest absolute Gasteiger partial charge is 0.322 e. The summed E-state index contributed by atoms with van der Waals surface area (Å²) in [5, 5.41) is 8.11. The minimum atomic E-state index is 0.160. The molecule has 3 heterocycles. The van der Waals surface area contributed by atoms with Crippen LogP contribution in [0.1, 0.15) is 0 Å². The Hall–Kier alpha value is -2.57. The standard InChI is InChI=1S/C15H10Cl2N6/c16-10-3-5-11(6-4-10)22-8-13(18-9-22)19-14-12-2-1-7-23(12)21-15(17)20-14/h1-9H,(H,19,20,21). The quantitative estimate of drug-likeness (QED) is 0.610. The van der Waals surface area contributed by atoms with Gasteiger partial charge in [-0.25, -0.2) is 9.50 Å². The van der Waals surface area contributed by atoms with Crippen molar-refractivity contribution in [3.8, 4) is 5.69 Å². The molecular weight excluding hydrogens is 335 g/mol. The number of fused-ring (bicyclic) bond motifs is 1. The van der Waals surface area contributed by atoms with Crippen molar-refractivity contribution >= 4 is 40.4 Å². The van der Waals surface area contributed by atoms with Crippen LogP contribution in [0, 0.1) is 0 Å². The Morgan fingerprint density at radius 2 is 1.87 bits per heavy atom. The fraction of sp³-hybridized carbons (Fsp3) is 0. The Kier molecular flexibility index (Phi) is 3.40. The maximum Gasteiger partial charge on any atom is 0.243 e. The summed E-state index contributed by atoms with van der Waals surface area (Å²) in [7, 11) is 0. The first-order valence-corrected chi connectivity index (χ1v) is 7.52. The highest BCUT2D eigenvalue weighted by atomic mass is 35.5. The molecule has 0 saturated carbocycles. The smallest absolute Gasteiger partial charge is 0.243 e. The molecule has 6 nitrogen and oxygen atoms in total. The molecule has 0 radical (unpaired) electrons. The number of anilines is 2. The second-order valence-electron chi connectivity index (χ2n) is 4.84. The fourth-order valence-electron chi connectivity index (χ4n) is 2.26. The maximum atomic E-state index is 5.94. The number of hydrogen-bond acceptors (Lipinski definition) is 4. The zero-order valence-electron chi connectivity index (χ0n) is 11.7. The minimum Gasteiger partial charge on any atom is -0.322 e. The lowest BCUT2D eigenvalue weighted by atomic mass is 10.3. The van der Waals surface area contributed by atoms with Gasteiger partial charge in [0.25, 0.3) is 0 Å². The third-order valence-electron chi connectivity index (χ3n) is 3.32. The van der Waals surface area contributed by atoms with E-state index in [2.05, 4.69) is 20.4 Å². The van der Waals surface area contributed by atoms with Gasteiger partial charge in [-0.15, -0.1) is 5.10 Å². The van der Waals surface area contributed by atoms with Gasteiger partial charge in [-0.1, -0.05) is 11.6 Å². The van der Waals surface area contributed by atoms with Gasteiger partial charge in [0, 0.05) is 16.9 Å². The summed E-state index contributed by atoms with van der Waals surface area (Å²) in [6.45, 7) is 0. The van der Waals surface area contributed by atoms with Crippen LogP contribution in [-0.4, -0.2) is 24.1 Å². The van der Waals surface area contributed by atoms with Gasteiger partial charge in [0.05, 0.1) is 6.20 Å². The number of hydrogen-bond donors (Lipinski definition) is 1. The van der Waals surface area contributed by atoms with Crippen molar-refractivity contribution in [2.24, 2.45) is 0 Å². The number of benzene rings is 1. The molecule has 23 heavy (non-hydrogen) atoms. The van der Waals surface area contributed by atoms with Crippen LogP contribution < -0.4 is 5.32 Å². The monoisotopic (exact) mass is 344 g/mol. The number of nitrogens with zero attached hydrogens (tertiary/aromatic N) is 5. The number of rotatable bonds is 3. The molecule has 3 aromatic heterocycles. The topological polar surface area (TPSA) is 60.0 Å². The van der Waals surface area contributed by atoms with Crippen molar-refractivity contribution in [3.05, 3.63) is 65.4 Å². The molecule has 114 valence electrons. The summed E-state index contributed by atoms with van der Waals surface area (Å²) in [6.07, 6.45) is 5.38. The molecule has 0 unspecified atom stereocenters. The lowest BCUT2D eigenvalue weighted by molar-refractivity contribution is 0.907. The van der Waals surface area contributed by atoms with Gasteiger partial charge in [0.1, 0.15) is 17.7 Å². The number of aromatic nitrogens is 5. The van der Waals surface area contributed by atoms with Crippen LogP contribution in [0.2, 0.25) is 10.3 Å². The van der Waals surface area contributed by atoms with Gasteiger partial charge in [-0.05, 0) is 48.0 Å². The molecule has 0 amide bonds. The van der Waals surface area contributed by atoms with Crippen molar-refractivity contribution in [2.45, 2.75) is 0 Å². The lowest BCUT2D eigenvalue weighted by Crippen LogP contribution is -2.01. The number of imidazole rings is 1. The molecule has 0 aliphatic carbocycles. The molecule has 0 aliphatic heterocycles. The molecule has 0 saturated heterocycles. The zero-order chi connectivity index (χ0) is 15.8. The molecule has 4 aromatic rings. The average Bonchev–Trinajstić information content (AvgIpc) is 3.17. The predicted molar refractivity (Wildman–Crippen MR) is 89.9 cm³/mol. The van der Waals surface area contributed by atoms with E-state index in [9.17, 15) is 0 Å². The van der Waals surface area contributed by atoms with Gasteiger partial charge in [0.2, 0.25) is 5.28 Å². The third kappa shape index (κ3) is 2.74. The van der Waals surface area contributed by atoms with E-state index >= 15 is 0 Å². The first-order chi connectivity index (χ1) is 11.2. The zero-order valence-corrected chi connectivity index (χ0v) is 13.2. The van der Waals surface area contributed by atoms with E-state index in [-0.39, 0.29) is 5.28 Å². The third-order valence-corrected chi connectivity index (χ3v) is 3.73. The first kappa shape index (κ1) is 14.0. The Balaban J connectivity index is 1.67. The summed E-state index contributed by atoms with van der Waals surface area (Å²) in [4.78, 5) is 8.56. The van der Waals surface area contributed by atoms with Crippen LogP contribution in [0.15, 0.2) is 55.1 Å². The van der Waals surface area contributed by atoms with Crippen LogP contribution in [0.4, 0.5) is 11.6 Å². The summed E-state index contributed by atoms with van der Waals surface area (Å²) < 4.78 is 3.55. The lowest BCUT2D eigenvalue weighted by Gasteiger charge is -2.05. The molecule has 0 fully saturated rings. The van der Waals surface area contributed by atoms with Crippen LogP contribution in [-0.2, 0) is 0 Å². The highest BCUT2D eigenvalue weighted by molar-refractivity contribution is 6.30. The molecule has 0 bridgehead atoms. The first-order valence-electron chi connectivity index (χ1n) is 6.77. The molecule has 1 aromatic carbocycles. The second kappa shape index (κ2) is 5.57. The molecule has 4 rings (SSSR count). The van der Waals surface area contributed by atoms with E-state index < -0.39 is 0 Å². The Bertz CT molecular complexity index is 973. The molecule has 0 aliphatic rings. The normalized spacial score (nSPS) is 11.0. The van der Waals surface area contributed by atoms with Crippen LogP contribution in [0.3, 0.4) is 0 Å². The summed E-state index contributed by atoms with van der Waals surface area (Å²) in [5.41, 5.74) is 1.78. The predicted octanol–water partition coefficient (Wildman–Crippen LogP) is 3.97. The van der Waals surface area contributed by atoms with E-state index in [1.807, 2.05) is 47.2 Å². The van der Waals surface area contributed by atoms with Gasteiger partial charge in [0.15, 0.2) is 5.82 Å². The summed E-state index contributed by atoms with van der Waals surface area (Å²) in [6, 6.07) is 11.3. The van der Waals surface area contributed by atoms with Crippen molar-refractivity contribution in [2.75, 3.05) is 5.32 Å². The van der Waals surface area contributed by atoms with Crippen LogP contribution in [0.5, 0.6) is 0 Å². The molecular formula is C15H10Cl2N6. The minimum absolute atomic E-state index is 0.160. The Morgan fingerprint density at radius 3 is 2.70 bits per heavy atom. The molecule has 1 N–H and O–H groups in total. The van der Waals surface area contributed by atoms with Gasteiger partial charge < -0.3 is 9.88 Å². The second-order valence-corrected chi connectivity index (χ2v) is 5.61. The summed E-state index contributed by atoms with van der Waals surface area (Å²) >= 11 is 11.8. The van der Waals surface area contributed by atoms with Gasteiger partial charge in [-0.2, -0.15) is 4.98 Å². The van der Waals surface area contributed by atoms with Crippen molar-refractivity contribution in [3.63, 3.8) is 0 Å². The molecule has 0 atom stereocenters. The van der Waals surface area contributed by atoms with E-state index in [1.165, 1.54) is 0 Å². The van der Waals surface area contributed by atoms with Crippen molar-refractivity contribution < 1.29 is 0 Å². The Labute approximate surface area is 141 Å². The van der Waals surface area contributed by atoms with Crippen molar-refractivity contribution in [1.82, 2.24) is 24.1 Å². The maximum absolute atomic E-state index is 5.94. The number of halogens is 2. The Morgan fingerprint density at radius 1 is 1.04 bits per heavy atom. The summed E-state index contributed by atoms with van der Waals surface area (Å²) in [5.74, 6) is 1.24. The fourth-order valence-corrected chi connectivity index (χ4v) is 2.55. The molecule has 0 spiro atoms. The van der Waals surface area contributed by atoms with Crippen molar-refractivity contribution in [1.29, 1.82) is 0 Å². The van der Waals surface area contributed by atoms with Gasteiger partial charge >= 0.3 is 0 Å². The van der Waals surface area contributed by atoms with E-state index in [1.54, 1.807) is 17.0 Å². The van der Waals surface area contributed by atoms with E-state index in [0.717, 1.165) is 11.2 Å². The average molecular weight is 345 g/mol. The van der Waals surface area contributed by atoms with Gasteiger partial charge in [-0.3, -0.25) is 0 Å². The SMILES string of the molecule is Clc1ccc(-n2cnc(Nc3nc(Cl)nn4cccc34)c2)cc1. The van der Waals surface area contributed by atoms with Crippen LogP contribution in [0.25, 0.3) is 11.2 Å². The highest BCUT2D eigenvalue weighted by Crippen LogP contribution is 2.21. The van der Waals surface area contributed by atoms with Crippen LogP contribution >= 0.6 is 23.2 Å². The number of nitrogens with one attached hydrogen (secondary N) is 1. The van der Waals surface area contributed by atoms with E-state index in [0.29, 0.717) is 16.7 Å².